The quantitative estimate of drug-likeness (QED) is 0.477. The number of nitrogens with zero attached hydrogens (tertiary/aromatic N) is 1. The van der Waals surface area contributed by atoms with Crippen LogP contribution in [0.1, 0.15) is 50.2 Å². The Morgan fingerprint density at radius 2 is 1.68 bits per heavy atom. The second-order valence-corrected chi connectivity index (χ2v) is 7.69. The van der Waals surface area contributed by atoms with Gasteiger partial charge in [-0.2, -0.15) is 18.3 Å². The van der Waals surface area contributed by atoms with E-state index in [0.717, 1.165) is 44.2 Å². The molecule has 152 valence electrons. The standard InChI is InChI=1S/C20H23F3N2O3/c1-12(26)28-18-9-14-6-15(10-18)8-16(7-14)19(27)25-24-11-13-2-4-17(5-3-13)20(21,22)23/h2-5,11,14-16,18H,6-10H2,1H3,(H,25,27)/b24-11+. The number of amides is 1. The van der Waals surface area contributed by atoms with Gasteiger partial charge in [0.2, 0.25) is 5.91 Å². The van der Waals surface area contributed by atoms with E-state index in [1.54, 1.807) is 0 Å². The van der Waals surface area contributed by atoms with Crippen LogP contribution >= 0.6 is 0 Å². The number of ether oxygens (including phenoxy) is 1. The molecule has 2 fully saturated rings. The van der Waals surface area contributed by atoms with Crippen LogP contribution in [-0.4, -0.2) is 24.2 Å². The minimum atomic E-state index is -4.38. The van der Waals surface area contributed by atoms with Crippen LogP contribution in [0.15, 0.2) is 29.4 Å². The first-order chi connectivity index (χ1) is 13.2. The van der Waals surface area contributed by atoms with Gasteiger partial charge in [0, 0.05) is 12.8 Å². The normalized spacial score (nSPS) is 27.4. The molecule has 0 aromatic heterocycles. The Morgan fingerprint density at radius 1 is 1.07 bits per heavy atom. The molecule has 2 aliphatic carbocycles. The Morgan fingerprint density at radius 3 is 2.21 bits per heavy atom. The predicted octanol–water partition coefficient (Wildman–Crippen LogP) is 3.91. The second kappa shape index (κ2) is 8.32. The number of rotatable bonds is 4. The Labute approximate surface area is 161 Å². The van der Waals surface area contributed by atoms with E-state index in [2.05, 4.69) is 10.5 Å². The van der Waals surface area contributed by atoms with Gasteiger partial charge in [-0.1, -0.05) is 12.1 Å². The Bertz CT molecular complexity index is 732. The molecule has 0 radical (unpaired) electrons. The molecule has 0 spiro atoms. The molecule has 2 bridgehead atoms. The number of benzene rings is 1. The molecule has 1 amide bonds. The summed E-state index contributed by atoms with van der Waals surface area (Å²) in [6.07, 6.45) is 0.990. The van der Waals surface area contributed by atoms with Crippen molar-refractivity contribution >= 4 is 18.1 Å². The van der Waals surface area contributed by atoms with Crippen LogP contribution in [0.4, 0.5) is 13.2 Å². The van der Waals surface area contributed by atoms with E-state index in [4.69, 9.17) is 4.74 Å². The molecular weight excluding hydrogens is 373 g/mol. The van der Waals surface area contributed by atoms with Crippen molar-refractivity contribution < 1.29 is 27.5 Å². The number of halogens is 3. The topological polar surface area (TPSA) is 67.8 Å². The van der Waals surface area contributed by atoms with Crippen LogP contribution in [0.25, 0.3) is 0 Å². The van der Waals surface area contributed by atoms with E-state index < -0.39 is 11.7 Å². The fraction of sp³-hybridized carbons (Fsp3) is 0.550. The minimum Gasteiger partial charge on any atom is -0.463 e. The summed E-state index contributed by atoms with van der Waals surface area (Å²) in [5, 5.41) is 3.88. The summed E-state index contributed by atoms with van der Waals surface area (Å²) >= 11 is 0. The Kier molecular flexibility index (Phi) is 6.05. The van der Waals surface area contributed by atoms with Crippen molar-refractivity contribution in [3.05, 3.63) is 35.4 Å². The molecule has 0 aliphatic heterocycles. The number of carbonyl (C=O) groups excluding carboxylic acids is 2. The first kappa shape index (κ1) is 20.4. The van der Waals surface area contributed by atoms with Crippen LogP contribution in [0.2, 0.25) is 0 Å². The molecule has 0 heterocycles. The molecule has 28 heavy (non-hydrogen) atoms. The molecule has 1 N–H and O–H groups in total. The summed E-state index contributed by atoms with van der Waals surface area (Å²) < 4.78 is 43.0. The Hall–Kier alpha value is -2.38. The maximum atomic E-state index is 12.6. The molecule has 2 atom stereocenters. The van der Waals surface area contributed by atoms with Crippen molar-refractivity contribution in [1.82, 2.24) is 5.43 Å². The zero-order valence-electron chi connectivity index (χ0n) is 15.5. The van der Waals surface area contributed by atoms with Crippen LogP contribution in [0.5, 0.6) is 0 Å². The van der Waals surface area contributed by atoms with Gasteiger partial charge in [0.1, 0.15) is 6.10 Å². The van der Waals surface area contributed by atoms with E-state index >= 15 is 0 Å². The third-order valence-electron chi connectivity index (χ3n) is 5.42. The molecule has 1 aromatic carbocycles. The number of alkyl halides is 3. The number of nitrogens with one attached hydrogen (secondary N) is 1. The number of fused-ring (bicyclic) bond motifs is 2. The van der Waals surface area contributed by atoms with Gasteiger partial charge in [0.25, 0.3) is 0 Å². The van der Waals surface area contributed by atoms with Gasteiger partial charge in [-0.05, 0) is 61.6 Å². The minimum absolute atomic E-state index is 0.0528. The van der Waals surface area contributed by atoms with Crippen LogP contribution in [-0.2, 0) is 20.5 Å². The van der Waals surface area contributed by atoms with E-state index in [1.165, 1.54) is 25.3 Å². The molecule has 0 saturated heterocycles. The predicted molar refractivity (Wildman–Crippen MR) is 96.3 cm³/mol. The molecule has 2 aliphatic rings. The highest BCUT2D eigenvalue weighted by molar-refractivity contribution is 5.83. The molecule has 3 rings (SSSR count). The van der Waals surface area contributed by atoms with Crippen molar-refractivity contribution in [2.24, 2.45) is 22.9 Å². The largest absolute Gasteiger partial charge is 0.463 e. The lowest BCUT2D eigenvalue weighted by Gasteiger charge is -2.41. The van der Waals surface area contributed by atoms with E-state index in [9.17, 15) is 22.8 Å². The molecule has 2 saturated carbocycles. The van der Waals surface area contributed by atoms with Crippen molar-refractivity contribution in [3.63, 3.8) is 0 Å². The summed E-state index contributed by atoms with van der Waals surface area (Å²) in [6.45, 7) is 1.41. The van der Waals surface area contributed by atoms with Crippen molar-refractivity contribution in [2.45, 2.75) is 51.3 Å². The van der Waals surface area contributed by atoms with Gasteiger partial charge in [-0.15, -0.1) is 0 Å². The Balaban J connectivity index is 1.50. The summed E-state index contributed by atoms with van der Waals surface area (Å²) in [4.78, 5) is 23.6. The lowest BCUT2D eigenvalue weighted by molar-refractivity contribution is -0.151. The van der Waals surface area contributed by atoms with Crippen LogP contribution in [0.3, 0.4) is 0 Å². The fourth-order valence-electron chi connectivity index (χ4n) is 4.35. The number of hydrogen-bond acceptors (Lipinski definition) is 4. The summed E-state index contributed by atoms with van der Waals surface area (Å²) in [6, 6.07) is 4.56. The van der Waals surface area contributed by atoms with Gasteiger partial charge in [-0.25, -0.2) is 5.43 Å². The summed E-state index contributed by atoms with van der Waals surface area (Å²) in [7, 11) is 0. The van der Waals surface area contributed by atoms with Gasteiger partial charge in [0.05, 0.1) is 11.8 Å². The van der Waals surface area contributed by atoms with E-state index in [-0.39, 0.29) is 23.9 Å². The number of hydrazone groups is 1. The van der Waals surface area contributed by atoms with Gasteiger partial charge in [-0.3, -0.25) is 9.59 Å². The van der Waals surface area contributed by atoms with Crippen LogP contribution < -0.4 is 5.43 Å². The highest BCUT2D eigenvalue weighted by atomic mass is 19.4. The third-order valence-corrected chi connectivity index (χ3v) is 5.42. The number of carbonyl (C=O) groups is 2. The average molecular weight is 396 g/mol. The highest BCUT2D eigenvalue weighted by Gasteiger charge is 2.39. The van der Waals surface area contributed by atoms with Gasteiger partial charge in [0.15, 0.2) is 0 Å². The number of hydrogen-bond donors (Lipinski definition) is 1. The SMILES string of the molecule is CC(=O)OC1CC2CC(C1)CC(C(=O)N/N=C/c1ccc(C(F)(F)F)cc1)C2. The van der Waals surface area contributed by atoms with Crippen molar-refractivity contribution in [1.29, 1.82) is 0 Å². The highest BCUT2D eigenvalue weighted by Crippen LogP contribution is 2.43. The third kappa shape index (κ3) is 5.33. The average Bonchev–Trinajstić information content (AvgIpc) is 2.60. The maximum absolute atomic E-state index is 12.6. The molecular formula is C20H23F3N2O3. The zero-order valence-corrected chi connectivity index (χ0v) is 15.5. The molecule has 2 unspecified atom stereocenters. The fourth-order valence-corrected chi connectivity index (χ4v) is 4.35. The van der Waals surface area contributed by atoms with E-state index in [0.29, 0.717) is 17.4 Å². The summed E-state index contributed by atoms with van der Waals surface area (Å²) in [5.41, 5.74) is 2.24. The summed E-state index contributed by atoms with van der Waals surface area (Å²) in [5.74, 6) is 0.116. The lowest BCUT2D eigenvalue weighted by Crippen LogP contribution is -2.40. The van der Waals surface area contributed by atoms with E-state index in [1.807, 2.05) is 0 Å². The maximum Gasteiger partial charge on any atom is 0.416 e. The number of esters is 1. The smallest absolute Gasteiger partial charge is 0.416 e. The zero-order chi connectivity index (χ0) is 20.3. The molecule has 5 nitrogen and oxygen atoms in total. The first-order valence-corrected chi connectivity index (χ1v) is 9.38. The molecule has 1 aromatic rings. The lowest BCUT2D eigenvalue weighted by atomic mass is 9.67. The van der Waals surface area contributed by atoms with Gasteiger partial charge < -0.3 is 4.74 Å². The first-order valence-electron chi connectivity index (χ1n) is 9.38. The second-order valence-electron chi connectivity index (χ2n) is 7.69. The van der Waals surface area contributed by atoms with Crippen LogP contribution in [0, 0.1) is 17.8 Å². The van der Waals surface area contributed by atoms with Gasteiger partial charge >= 0.3 is 12.1 Å². The van der Waals surface area contributed by atoms with Crippen molar-refractivity contribution in [3.8, 4) is 0 Å². The van der Waals surface area contributed by atoms with Crippen molar-refractivity contribution in [2.75, 3.05) is 0 Å². The molecule has 8 heteroatoms. The monoisotopic (exact) mass is 396 g/mol.